The van der Waals surface area contributed by atoms with Gasteiger partial charge in [0.1, 0.15) is 16.5 Å². The molecule has 5 nitrogen and oxygen atoms in total. The van der Waals surface area contributed by atoms with Crippen LogP contribution in [-0.2, 0) is 0 Å². The summed E-state index contributed by atoms with van der Waals surface area (Å²) in [6, 6.07) is 7.71. The summed E-state index contributed by atoms with van der Waals surface area (Å²) >= 11 is 1.45. The van der Waals surface area contributed by atoms with Crippen LogP contribution >= 0.6 is 11.3 Å². The van der Waals surface area contributed by atoms with Crippen molar-refractivity contribution in [2.75, 3.05) is 19.7 Å². The van der Waals surface area contributed by atoms with Gasteiger partial charge in [-0.3, -0.25) is 4.79 Å². The van der Waals surface area contributed by atoms with Crippen molar-refractivity contribution in [3.05, 3.63) is 35.3 Å². The Bertz CT molecular complexity index is 669. The number of piperidine rings is 1. The van der Waals surface area contributed by atoms with Crippen molar-refractivity contribution in [1.82, 2.24) is 9.88 Å². The van der Waals surface area contributed by atoms with E-state index >= 15 is 0 Å². The lowest BCUT2D eigenvalue weighted by Gasteiger charge is -2.29. The van der Waals surface area contributed by atoms with Crippen molar-refractivity contribution in [2.45, 2.75) is 25.9 Å². The fourth-order valence-electron chi connectivity index (χ4n) is 2.67. The smallest absolute Gasteiger partial charge is 0.273 e. The van der Waals surface area contributed by atoms with Gasteiger partial charge in [-0.15, -0.1) is 11.3 Å². The molecule has 1 aliphatic rings. The van der Waals surface area contributed by atoms with E-state index in [1.807, 2.05) is 31.2 Å². The maximum absolute atomic E-state index is 12.5. The van der Waals surface area contributed by atoms with Crippen molar-refractivity contribution < 1.29 is 14.6 Å². The number of aliphatic hydroxyl groups is 1. The molecular weight excluding hydrogens is 312 g/mol. The van der Waals surface area contributed by atoms with Crippen LogP contribution in [0, 0.1) is 0 Å². The van der Waals surface area contributed by atoms with Gasteiger partial charge < -0.3 is 14.7 Å². The molecule has 1 aromatic carbocycles. The standard InChI is InChI=1S/C17H20N2O3S/c1-2-22-14-7-5-12(6-8-14)16-18-15(11-23-16)17(21)19-9-3-4-13(20)10-19/h5-8,11,13,20H,2-4,9-10H2,1H3. The lowest BCUT2D eigenvalue weighted by molar-refractivity contribution is 0.0469. The molecule has 0 bridgehead atoms. The number of aromatic nitrogens is 1. The molecule has 0 spiro atoms. The van der Waals surface area contributed by atoms with Crippen molar-refractivity contribution >= 4 is 17.2 Å². The van der Waals surface area contributed by atoms with Crippen molar-refractivity contribution in [1.29, 1.82) is 0 Å². The zero-order chi connectivity index (χ0) is 16.2. The number of benzene rings is 1. The molecule has 23 heavy (non-hydrogen) atoms. The Hall–Kier alpha value is -1.92. The number of rotatable bonds is 4. The van der Waals surface area contributed by atoms with Gasteiger partial charge in [-0.05, 0) is 44.0 Å². The molecule has 1 unspecified atom stereocenters. The summed E-state index contributed by atoms with van der Waals surface area (Å²) in [5.74, 6) is 0.726. The summed E-state index contributed by atoms with van der Waals surface area (Å²) in [6.45, 7) is 3.67. The summed E-state index contributed by atoms with van der Waals surface area (Å²) in [5.41, 5.74) is 1.42. The Balaban J connectivity index is 1.73. The number of β-amino-alcohol motifs (C(OH)–C–C–N with tert-alkyl or cyclic N) is 1. The number of amides is 1. The predicted molar refractivity (Wildman–Crippen MR) is 89.9 cm³/mol. The van der Waals surface area contributed by atoms with E-state index < -0.39 is 6.10 Å². The minimum Gasteiger partial charge on any atom is -0.494 e. The zero-order valence-corrected chi connectivity index (χ0v) is 13.9. The minimum atomic E-state index is -0.420. The molecule has 2 aromatic rings. The maximum Gasteiger partial charge on any atom is 0.273 e. The molecule has 0 aliphatic carbocycles. The van der Waals surface area contributed by atoms with Gasteiger partial charge in [0, 0.05) is 24.0 Å². The van der Waals surface area contributed by atoms with E-state index in [4.69, 9.17) is 4.74 Å². The van der Waals surface area contributed by atoms with Gasteiger partial charge >= 0.3 is 0 Å². The highest BCUT2D eigenvalue weighted by molar-refractivity contribution is 7.13. The molecule has 3 rings (SSSR count). The topological polar surface area (TPSA) is 62.7 Å². The van der Waals surface area contributed by atoms with E-state index in [1.54, 1.807) is 10.3 Å². The van der Waals surface area contributed by atoms with Crippen molar-refractivity contribution in [3.63, 3.8) is 0 Å². The summed E-state index contributed by atoms with van der Waals surface area (Å²) < 4.78 is 5.43. The molecule has 0 radical (unpaired) electrons. The molecule has 1 fully saturated rings. The fraction of sp³-hybridized carbons (Fsp3) is 0.412. The number of ether oxygens (including phenoxy) is 1. The normalized spacial score (nSPS) is 18.0. The fourth-order valence-corrected chi connectivity index (χ4v) is 3.47. The summed E-state index contributed by atoms with van der Waals surface area (Å²) in [5, 5.41) is 12.3. The number of thiazole rings is 1. The summed E-state index contributed by atoms with van der Waals surface area (Å²) in [6.07, 6.45) is 1.18. The highest BCUT2D eigenvalue weighted by Gasteiger charge is 2.24. The van der Waals surface area contributed by atoms with Crippen LogP contribution in [-0.4, -0.2) is 46.7 Å². The minimum absolute atomic E-state index is 0.0998. The van der Waals surface area contributed by atoms with E-state index in [0.717, 1.165) is 29.2 Å². The SMILES string of the molecule is CCOc1ccc(-c2nc(C(=O)N3CCCC(O)C3)cs2)cc1. The number of hydrogen-bond donors (Lipinski definition) is 1. The first-order valence-corrected chi connectivity index (χ1v) is 8.71. The third kappa shape index (κ3) is 3.71. The molecule has 0 saturated carbocycles. The van der Waals surface area contributed by atoms with Gasteiger partial charge in [-0.1, -0.05) is 0 Å². The van der Waals surface area contributed by atoms with Crippen LogP contribution in [0.1, 0.15) is 30.3 Å². The number of hydrogen-bond acceptors (Lipinski definition) is 5. The van der Waals surface area contributed by atoms with Crippen LogP contribution in [0.3, 0.4) is 0 Å². The van der Waals surface area contributed by atoms with Crippen molar-refractivity contribution in [2.24, 2.45) is 0 Å². The van der Waals surface area contributed by atoms with Crippen LogP contribution in [0.25, 0.3) is 10.6 Å². The molecule has 1 amide bonds. The summed E-state index contributed by atoms with van der Waals surface area (Å²) in [4.78, 5) is 18.6. The van der Waals surface area contributed by atoms with E-state index in [2.05, 4.69) is 4.98 Å². The molecule has 1 saturated heterocycles. The third-order valence-corrected chi connectivity index (χ3v) is 4.71. The third-order valence-electron chi connectivity index (χ3n) is 3.82. The second-order valence-corrected chi connectivity index (χ2v) is 6.40. The quantitative estimate of drug-likeness (QED) is 0.935. The van der Waals surface area contributed by atoms with E-state index in [9.17, 15) is 9.90 Å². The molecule has 1 N–H and O–H groups in total. The van der Waals surface area contributed by atoms with Crippen LogP contribution in [0.2, 0.25) is 0 Å². The number of aliphatic hydroxyl groups excluding tert-OH is 1. The van der Waals surface area contributed by atoms with E-state index in [1.165, 1.54) is 11.3 Å². The average Bonchev–Trinajstić information content (AvgIpc) is 3.05. The largest absolute Gasteiger partial charge is 0.494 e. The summed E-state index contributed by atoms with van der Waals surface area (Å²) in [7, 11) is 0. The number of nitrogens with zero attached hydrogens (tertiary/aromatic N) is 2. The molecule has 122 valence electrons. The monoisotopic (exact) mass is 332 g/mol. The Morgan fingerprint density at radius 1 is 1.43 bits per heavy atom. The molecule has 1 aromatic heterocycles. The average molecular weight is 332 g/mol. The Morgan fingerprint density at radius 2 is 2.22 bits per heavy atom. The first-order valence-electron chi connectivity index (χ1n) is 7.83. The highest BCUT2D eigenvalue weighted by atomic mass is 32.1. The molecule has 1 aliphatic heterocycles. The lowest BCUT2D eigenvalue weighted by Crippen LogP contribution is -2.42. The molecular formula is C17H20N2O3S. The highest BCUT2D eigenvalue weighted by Crippen LogP contribution is 2.26. The number of carbonyl (C=O) groups excluding carboxylic acids is 1. The van der Waals surface area contributed by atoms with Gasteiger partial charge in [0.05, 0.1) is 12.7 Å². The molecule has 2 heterocycles. The van der Waals surface area contributed by atoms with E-state index in [0.29, 0.717) is 25.4 Å². The lowest BCUT2D eigenvalue weighted by atomic mass is 10.1. The van der Waals surface area contributed by atoms with Gasteiger partial charge in [-0.25, -0.2) is 4.98 Å². The van der Waals surface area contributed by atoms with Crippen LogP contribution in [0.5, 0.6) is 5.75 Å². The predicted octanol–water partition coefficient (Wildman–Crippen LogP) is 2.81. The van der Waals surface area contributed by atoms with Gasteiger partial charge in [0.15, 0.2) is 0 Å². The van der Waals surface area contributed by atoms with Gasteiger partial charge in [-0.2, -0.15) is 0 Å². The molecule has 1 atom stereocenters. The van der Waals surface area contributed by atoms with E-state index in [-0.39, 0.29) is 5.91 Å². The first kappa shape index (κ1) is 16.0. The van der Waals surface area contributed by atoms with Crippen LogP contribution < -0.4 is 4.74 Å². The van der Waals surface area contributed by atoms with Gasteiger partial charge in [0.2, 0.25) is 0 Å². The van der Waals surface area contributed by atoms with Crippen LogP contribution in [0.15, 0.2) is 29.6 Å². The number of likely N-dealkylation sites (tertiary alicyclic amines) is 1. The second-order valence-electron chi connectivity index (χ2n) is 5.54. The first-order chi connectivity index (χ1) is 11.2. The Morgan fingerprint density at radius 3 is 2.91 bits per heavy atom. The van der Waals surface area contributed by atoms with Crippen LogP contribution in [0.4, 0.5) is 0 Å². The molecule has 6 heteroatoms. The Kier molecular flexibility index (Phi) is 4.93. The van der Waals surface area contributed by atoms with Crippen molar-refractivity contribution in [3.8, 4) is 16.3 Å². The Labute approximate surface area is 139 Å². The maximum atomic E-state index is 12.5. The number of carbonyl (C=O) groups is 1. The van der Waals surface area contributed by atoms with Gasteiger partial charge in [0.25, 0.3) is 5.91 Å². The second kappa shape index (κ2) is 7.10. The zero-order valence-electron chi connectivity index (χ0n) is 13.1.